The molecule has 3 nitrogen and oxygen atoms in total. The van der Waals surface area contributed by atoms with Crippen LogP contribution in [0.3, 0.4) is 0 Å². The summed E-state index contributed by atoms with van der Waals surface area (Å²) in [6, 6.07) is 0. The first-order valence-corrected chi connectivity index (χ1v) is 3.34. The van der Waals surface area contributed by atoms with Crippen LogP contribution in [0, 0.1) is 0 Å². The Bertz CT molecular complexity index is 87.1. The Hall–Kier alpha value is -0.120. The highest BCUT2D eigenvalue weighted by atomic mass is 16.3. The zero-order chi connectivity index (χ0) is 6.69. The standard InChI is InChI=1S/C6H13NO2/c8-5-7-3-1-2-6(9)4-7/h6,8-9H,1-5H2. The second-order valence-corrected chi connectivity index (χ2v) is 2.51. The van der Waals surface area contributed by atoms with Gasteiger partial charge in [-0.2, -0.15) is 0 Å². The molecule has 1 rings (SSSR count). The fourth-order valence-corrected chi connectivity index (χ4v) is 1.16. The van der Waals surface area contributed by atoms with Crippen LogP contribution in [0.15, 0.2) is 0 Å². The molecule has 1 atom stereocenters. The van der Waals surface area contributed by atoms with Crippen molar-refractivity contribution in [3.8, 4) is 0 Å². The third-order valence-electron chi connectivity index (χ3n) is 1.68. The Morgan fingerprint density at radius 2 is 2.33 bits per heavy atom. The Labute approximate surface area is 54.9 Å². The van der Waals surface area contributed by atoms with Gasteiger partial charge in [-0.15, -0.1) is 0 Å². The minimum atomic E-state index is -0.217. The molecule has 0 bridgehead atoms. The number of rotatable bonds is 1. The maximum atomic E-state index is 9.06. The summed E-state index contributed by atoms with van der Waals surface area (Å²) in [5, 5.41) is 17.7. The van der Waals surface area contributed by atoms with Crippen LogP contribution in [0.25, 0.3) is 0 Å². The third-order valence-corrected chi connectivity index (χ3v) is 1.68. The van der Waals surface area contributed by atoms with Crippen LogP contribution in [-0.2, 0) is 0 Å². The summed E-state index contributed by atoms with van der Waals surface area (Å²) in [6.07, 6.45) is 1.67. The van der Waals surface area contributed by atoms with Gasteiger partial charge in [-0.25, -0.2) is 0 Å². The van der Waals surface area contributed by atoms with Crippen LogP contribution in [0.1, 0.15) is 12.8 Å². The van der Waals surface area contributed by atoms with Gasteiger partial charge < -0.3 is 10.2 Å². The van der Waals surface area contributed by atoms with Crippen LogP contribution in [0.4, 0.5) is 0 Å². The van der Waals surface area contributed by atoms with Gasteiger partial charge in [0.05, 0.1) is 12.8 Å². The van der Waals surface area contributed by atoms with Gasteiger partial charge in [-0.3, -0.25) is 4.90 Å². The topological polar surface area (TPSA) is 43.7 Å². The number of β-amino-alcohol motifs (C(OH)–C–C–N with tert-alkyl or cyclic N) is 1. The molecule has 1 saturated heterocycles. The summed E-state index contributed by atoms with van der Waals surface area (Å²) >= 11 is 0. The molecular weight excluding hydrogens is 118 g/mol. The van der Waals surface area contributed by atoms with Crippen molar-refractivity contribution < 1.29 is 10.2 Å². The number of aliphatic hydroxyl groups excluding tert-OH is 2. The fraction of sp³-hybridized carbons (Fsp3) is 1.00. The predicted octanol–water partition coefficient (Wildman–Crippen LogP) is -0.607. The van der Waals surface area contributed by atoms with E-state index in [4.69, 9.17) is 10.2 Å². The predicted molar refractivity (Wildman–Crippen MR) is 33.9 cm³/mol. The molecule has 0 saturated carbocycles. The van der Waals surface area contributed by atoms with Crippen molar-refractivity contribution in [1.82, 2.24) is 4.90 Å². The van der Waals surface area contributed by atoms with E-state index in [-0.39, 0.29) is 12.8 Å². The molecule has 0 aromatic rings. The van der Waals surface area contributed by atoms with E-state index in [9.17, 15) is 0 Å². The lowest BCUT2D eigenvalue weighted by Gasteiger charge is -2.27. The molecule has 0 amide bonds. The highest BCUT2D eigenvalue weighted by Crippen LogP contribution is 2.07. The van der Waals surface area contributed by atoms with Crippen LogP contribution in [0.5, 0.6) is 0 Å². The van der Waals surface area contributed by atoms with E-state index >= 15 is 0 Å². The number of aliphatic hydroxyl groups is 2. The Balaban J connectivity index is 2.23. The number of hydrogen-bond acceptors (Lipinski definition) is 3. The lowest BCUT2D eigenvalue weighted by atomic mass is 10.1. The first-order valence-electron chi connectivity index (χ1n) is 3.34. The molecule has 0 aromatic carbocycles. The zero-order valence-corrected chi connectivity index (χ0v) is 5.45. The molecule has 1 aliphatic rings. The summed E-state index contributed by atoms with van der Waals surface area (Å²) in [4.78, 5) is 1.84. The molecule has 0 aliphatic carbocycles. The Kier molecular flexibility index (Phi) is 2.45. The lowest BCUT2D eigenvalue weighted by Crippen LogP contribution is -2.38. The summed E-state index contributed by atoms with van der Waals surface area (Å²) in [5.74, 6) is 0. The summed E-state index contributed by atoms with van der Waals surface area (Å²) in [7, 11) is 0. The van der Waals surface area contributed by atoms with Crippen molar-refractivity contribution in [2.75, 3.05) is 19.8 Å². The van der Waals surface area contributed by atoms with Gasteiger partial charge in [0.15, 0.2) is 0 Å². The second-order valence-electron chi connectivity index (χ2n) is 2.51. The second kappa shape index (κ2) is 3.15. The Morgan fingerprint density at radius 1 is 1.56 bits per heavy atom. The maximum absolute atomic E-state index is 9.06. The van der Waals surface area contributed by atoms with Crippen LogP contribution < -0.4 is 0 Å². The summed E-state index contributed by atoms with van der Waals surface area (Å²) in [6.45, 7) is 1.64. The molecule has 1 fully saturated rings. The number of hydrogen-bond donors (Lipinski definition) is 2. The van der Waals surface area contributed by atoms with Gasteiger partial charge in [0.25, 0.3) is 0 Å². The van der Waals surface area contributed by atoms with Gasteiger partial charge in [-0.05, 0) is 12.8 Å². The van der Waals surface area contributed by atoms with E-state index < -0.39 is 0 Å². The average molecular weight is 131 g/mol. The normalized spacial score (nSPS) is 30.7. The summed E-state index contributed by atoms with van der Waals surface area (Å²) < 4.78 is 0. The molecule has 0 aromatic heterocycles. The SMILES string of the molecule is OCN1CCCC(O)C1. The molecule has 3 heteroatoms. The fourth-order valence-electron chi connectivity index (χ4n) is 1.16. The first-order chi connectivity index (χ1) is 4.33. The molecule has 9 heavy (non-hydrogen) atoms. The van der Waals surface area contributed by atoms with E-state index in [1.165, 1.54) is 0 Å². The molecule has 0 radical (unpaired) electrons. The minimum absolute atomic E-state index is 0.0804. The van der Waals surface area contributed by atoms with Gasteiger partial charge in [0.2, 0.25) is 0 Å². The van der Waals surface area contributed by atoms with E-state index in [0.717, 1.165) is 19.4 Å². The van der Waals surface area contributed by atoms with Crippen molar-refractivity contribution in [2.24, 2.45) is 0 Å². The average Bonchev–Trinajstić information content (AvgIpc) is 1.88. The maximum Gasteiger partial charge on any atom is 0.0957 e. The lowest BCUT2D eigenvalue weighted by molar-refractivity contribution is 0.0207. The molecule has 0 spiro atoms. The van der Waals surface area contributed by atoms with Crippen molar-refractivity contribution in [1.29, 1.82) is 0 Å². The smallest absolute Gasteiger partial charge is 0.0957 e. The number of likely N-dealkylation sites (tertiary alicyclic amines) is 1. The molecule has 1 heterocycles. The van der Waals surface area contributed by atoms with Crippen LogP contribution in [-0.4, -0.2) is 41.0 Å². The highest BCUT2D eigenvalue weighted by molar-refractivity contribution is 4.68. The molecular formula is C6H13NO2. The van der Waals surface area contributed by atoms with Crippen molar-refractivity contribution in [2.45, 2.75) is 18.9 Å². The molecule has 2 N–H and O–H groups in total. The largest absolute Gasteiger partial charge is 0.392 e. The molecule has 1 unspecified atom stereocenters. The van der Waals surface area contributed by atoms with E-state index in [1.807, 2.05) is 4.90 Å². The van der Waals surface area contributed by atoms with Crippen molar-refractivity contribution in [3.63, 3.8) is 0 Å². The van der Waals surface area contributed by atoms with Gasteiger partial charge in [-0.1, -0.05) is 0 Å². The van der Waals surface area contributed by atoms with Gasteiger partial charge in [0, 0.05) is 13.1 Å². The third kappa shape index (κ3) is 1.93. The highest BCUT2D eigenvalue weighted by Gasteiger charge is 2.15. The quantitative estimate of drug-likeness (QED) is 0.499. The number of nitrogens with zero attached hydrogens (tertiary/aromatic N) is 1. The van der Waals surface area contributed by atoms with E-state index in [0.29, 0.717) is 6.54 Å². The van der Waals surface area contributed by atoms with E-state index in [1.54, 1.807) is 0 Å². The molecule has 54 valence electrons. The van der Waals surface area contributed by atoms with Gasteiger partial charge in [0.1, 0.15) is 0 Å². The number of piperidine rings is 1. The van der Waals surface area contributed by atoms with Crippen molar-refractivity contribution in [3.05, 3.63) is 0 Å². The van der Waals surface area contributed by atoms with Crippen LogP contribution >= 0.6 is 0 Å². The monoisotopic (exact) mass is 131 g/mol. The molecule has 1 aliphatic heterocycles. The van der Waals surface area contributed by atoms with E-state index in [2.05, 4.69) is 0 Å². The van der Waals surface area contributed by atoms with Gasteiger partial charge >= 0.3 is 0 Å². The minimum Gasteiger partial charge on any atom is -0.392 e. The summed E-state index contributed by atoms with van der Waals surface area (Å²) in [5.41, 5.74) is 0. The van der Waals surface area contributed by atoms with Crippen molar-refractivity contribution >= 4 is 0 Å². The first kappa shape index (κ1) is 6.99. The Morgan fingerprint density at radius 3 is 2.78 bits per heavy atom. The zero-order valence-electron chi connectivity index (χ0n) is 5.45. The van der Waals surface area contributed by atoms with Crippen LogP contribution in [0.2, 0.25) is 0 Å².